The van der Waals surface area contributed by atoms with Crippen molar-refractivity contribution in [2.75, 3.05) is 13.2 Å². The van der Waals surface area contributed by atoms with Gasteiger partial charge in [-0.05, 0) is 71.0 Å². The summed E-state index contributed by atoms with van der Waals surface area (Å²) in [5.41, 5.74) is -8.99. The SMILES string of the molecule is CCCCCc1ccc(-c2ccc(-c3ccc(CCC(COC(C(F)(F)F)(C(F)(F)F)C(F)(F)F)COC(C(F)(F)F)(C(F)(F)F)C(F)(F)F)cc3)c(CC)c2)cc1. The van der Waals surface area contributed by atoms with Gasteiger partial charge in [-0.1, -0.05) is 93.4 Å². The molecule has 58 heavy (non-hydrogen) atoms. The minimum absolute atomic E-state index is 0.0323. The summed E-state index contributed by atoms with van der Waals surface area (Å²) in [5.74, 6) is -2.78. The first kappa shape index (κ1) is 48.7. The predicted molar refractivity (Wildman–Crippen MR) is 175 cm³/mol. The third-order valence-corrected chi connectivity index (χ3v) is 9.41. The zero-order chi connectivity index (χ0) is 44.2. The van der Waals surface area contributed by atoms with Crippen molar-refractivity contribution < 1.29 is 88.5 Å². The summed E-state index contributed by atoms with van der Waals surface area (Å²) < 4.78 is 249. The summed E-state index contributed by atoms with van der Waals surface area (Å²) in [6, 6.07) is 18.9. The molecule has 0 aliphatic rings. The van der Waals surface area contributed by atoms with Crippen LogP contribution in [0.25, 0.3) is 22.3 Å². The molecule has 0 aliphatic heterocycles. The van der Waals surface area contributed by atoms with Gasteiger partial charge in [0.15, 0.2) is 0 Å². The average molecular weight is 867 g/mol. The second-order valence-corrected chi connectivity index (χ2v) is 13.5. The third-order valence-electron chi connectivity index (χ3n) is 9.41. The summed E-state index contributed by atoms with van der Waals surface area (Å²) in [5, 5.41) is 0. The van der Waals surface area contributed by atoms with Crippen LogP contribution in [0.3, 0.4) is 0 Å². The molecular weight excluding hydrogens is 830 g/mol. The molecule has 0 saturated carbocycles. The van der Waals surface area contributed by atoms with Gasteiger partial charge in [0, 0.05) is 5.92 Å². The quantitative estimate of drug-likeness (QED) is 0.105. The van der Waals surface area contributed by atoms with Crippen LogP contribution < -0.4 is 0 Å². The molecule has 0 bridgehead atoms. The third kappa shape index (κ3) is 10.4. The molecular formula is C38H36F18O2. The van der Waals surface area contributed by atoms with E-state index < -0.39 is 80.2 Å². The molecule has 2 nitrogen and oxygen atoms in total. The van der Waals surface area contributed by atoms with Crippen LogP contribution in [0, 0.1) is 5.92 Å². The van der Waals surface area contributed by atoms with Crippen molar-refractivity contribution in [1.29, 1.82) is 0 Å². The zero-order valence-corrected chi connectivity index (χ0v) is 30.4. The lowest BCUT2D eigenvalue weighted by Crippen LogP contribution is -2.68. The minimum atomic E-state index is -7.37. The van der Waals surface area contributed by atoms with Gasteiger partial charge in [0.2, 0.25) is 0 Å². The van der Waals surface area contributed by atoms with Crippen molar-refractivity contribution >= 4 is 0 Å². The van der Waals surface area contributed by atoms with E-state index in [0.29, 0.717) is 17.5 Å². The maximum Gasteiger partial charge on any atom is 0.435 e. The van der Waals surface area contributed by atoms with Crippen LogP contribution in [-0.4, -0.2) is 61.5 Å². The molecule has 20 heteroatoms. The number of alkyl halides is 18. The Balaban J connectivity index is 1.94. The first-order valence-electron chi connectivity index (χ1n) is 17.5. The molecule has 0 saturated heterocycles. The van der Waals surface area contributed by atoms with Crippen LogP contribution in [0.2, 0.25) is 0 Å². The van der Waals surface area contributed by atoms with E-state index in [9.17, 15) is 79.0 Å². The van der Waals surface area contributed by atoms with Gasteiger partial charge in [-0.15, -0.1) is 0 Å². The number of benzene rings is 3. The van der Waals surface area contributed by atoms with Crippen LogP contribution in [-0.2, 0) is 28.7 Å². The first-order valence-corrected chi connectivity index (χ1v) is 17.5. The molecule has 3 aromatic rings. The molecule has 0 fully saturated rings. The molecule has 0 aromatic heterocycles. The summed E-state index contributed by atoms with van der Waals surface area (Å²) >= 11 is 0. The first-order chi connectivity index (χ1) is 26.5. The molecule has 326 valence electrons. The Labute approximate surface area is 320 Å². The van der Waals surface area contributed by atoms with E-state index in [1.54, 1.807) is 6.07 Å². The van der Waals surface area contributed by atoms with Crippen molar-refractivity contribution in [2.45, 2.75) is 107 Å². The number of hydrogen-bond acceptors (Lipinski definition) is 2. The Hall–Kier alpha value is -3.68. The van der Waals surface area contributed by atoms with Crippen molar-refractivity contribution in [3.05, 3.63) is 83.4 Å². The number of ether oxygens (including phenoxy) is 2. The molecule has 0 spiro atoms. The van der Waals surface area contributed by atoms with Gasteiger partial charge in [-0.2, -0.15) is 79.0 Å². The summed E-state index contributed by atoms with van der Waals surface area (Å²) in [4.78, 5) is 0. The van der Waals surface area contributed by atoms with E-state index in [2.05, 4.69) is 16.4 Å². The largest absolute Gasteiger partial charge is 0.435 e. The Bertz CT molecular complexity index is 1620. The average Bonchev–Trinajstić information content (AvgIpc) is 3.07. The predicted octanol–water partition coefficient (Wildman–Crippen LogP) is 13.7. The van der Waals surface area contributed by atoms with Gasteiger partial charge in [0.1, 0.15) is 0 Å². The second kappa shape index (κ2) is 17.9. The lowest BCUT2D eigenvalue weighted by Gasteiger charge is -2.40. The maximum absolute atomic E-state index is 13.5. The highest BCUT2D eigenvalue weighted by molar-refractivity contribution is 5.74. The van der Waals surface area contributed by atoms with E-state index in [4.69, 9.17) is 0 Å². The number of hydrogen-bond donors (Lipinski definition) is 0. The van der Waals surface area contributed by atoms with Crippen LogP contribution in [0.15, 0.2) is 66.7 Å². The molecule has 0 atom stereocenters. The molecule has 0 heterocycles. The minimum Gasteiger partial charge on any atom is -0.351 e. The van der Waals surface area contributed by atoms with Gasteiger partial charge in [-0.3, -0.25) is 0 Å². The summed E-state index contributed by atoms with van der Waals surface area (Å²) in [7, 11) is 0. The van der Waals surface area contributed by atoms with Crippen molar-refractivity contribution in [2.24, 2.45) is 5.92 Å². The highest BCUT2D eigenvalue weighted by atomic mass is 19.4. The Morgan fingerprint density at radius 1 is 0.448 bits per heavy atom. The fourth-order valence-corrected chi connectivity index (χ4v) is 6.17. The van der Waals surface area contributed by atoms with E-state index in [1.165, 1.54) is 29.8 Å². The normalized spacial score (nSPS) is 14.1. The standard InChI is InChI=1S/C38H36F18O2/c1-3-5-6-7-23-10-14-27(15-11-23)29-18-19-30(26(4-2)20-29)28-16-12-24(13-17-28)8-9-25(21-57-31(33(39,40)41,34(42,43)44)35(45,46)47)22-58-32(36(48,49)50,37(51,52)53)38(54,55)56/h10-20,25H,3-9,21-22H2,1-2H3. The fourth-order valence-electron chi connectivity index (χ4n) is 6.17. The molecule has 3 aromatic carbocycles. The van der Waals surface area contributed by atoms with Crippen LogP contribution in [0.1, 0.15) is 56.2 Å². The lowest BCUT2D eigenvalue weighted by molar-refractivity contribution is -0.463. The van der Waals surface area contributed by atoms with Crippen LogP contribution in [0.5, 0.6) is 0 Å². The molecule has 0 aliphatic carbocycles. The van der Waals surface area contributed by atoms with E-state index in [0.717, 1.165) is 42.4 Å². The monoisotopic (exact) mass is 866 g/mol. The van der Waals surface area contributed by atoms with Crippen LogP contribution >= 0.6 is 0 Å². The van der Waals surface area contributed by atoms with Crippen molar-refractivity contribution in [1.82, 2.24) is 0 Å². The number of rotatable bonds is 16. The molecule has 0 radical (unpaired) electrons. The maximum atomic E-state index is 13.5. The van der Waals surface area contributed by atoms with E-state index in [1.807, 2.05) is 43.3 Å². The molecule has 0 unspecified atom stereocenters. The number of unbranched alkanes of at least 4 members (excludes halogenated alkanes) is 2. The zero-order valence-electron chi connectivity index (χ0n) is 30.4. The fraction of sp³-hybridized carbons (Fsp3) is 0.526. The topological polar surface area (TPSA) is 18.5 Å². The summed E-state index contributed by atoms with van der Waals surface area (Å²) in [6.45, 7) is -1.25. The summed E-state index contributed by atoms with van der Waals surface area (Å²) in [6.07, 6.45) is -41.5. The van der Waals surface area contributed by atoms with Gasteiger partial charge >= 0.3 is 48.3 Å². The van der Waals surface area contributed by atoms with Crippen molar-refractivity contribution in [3.8, 4) is 22.3 Å². The van der Waals surface area contributed by atoms with E-state index in [-0.39, 0.29) is 5.56 Å². The van der Waals surface area contributed by atoms with Crippen LogP contribution in [0.4, 0.5) is 79.0 Å². The number of aryl methyl sites for hydroxylation is 3. The van der Waals surface area contributed by atoms with Gasteiger partial charge < -0.3 is 9.47 Å². The second-order valence-electron chi connectivity index (χ2n) is 13.5. The Kier molecular flexibility index (Phi) is 15.0. The van der Waals surface area contributed by atoms with E-state index >= 15 is 0 Å². The Morgan fingerprint density at radius 3 is 1.21 bits per heavy atom. The lowest BCUT2D eigenvalue weighted by atomic mass is 9.92. The molecule has 0 N–H and O–H groups in total. The van der Waals surface area contributed by atoms with Crippen molar-refractivity contribution in [3.63, 3.8) is 0 Å². The van der Waals surface area contributed by atoms with Gasteiger partial charge in [0.05, 0.1) is 13.2 Å². The highest BCUT2D eigenvalue weighted by Gasteiger charge is 2.87. The molecule has 3 rings (SSSR count). The smallest absolute Gasteiger partial charge is 0.351 e. The Morgan fingerprint density at radius 2 is 0.828 bits per heavy atom. The number of halogens is 18. The van der Waals surface area contributed by atoms with Gasteiger partial charge in [0.25, 0.3) is 0 Å². The van der Waals surface area contributed by atoms with Gasteiger partial charge in [-0.25, -0.2) is 0 Å². The highest BCUT2D eigenvalue weighted by Crippen LogP contribution is 2.57. The molecule has 0 amide bonds.